The third-order valence-electron chi connectivity index (χ3n) is 8.03. The van der Waals surface area contributed by atoms with E-state index in [-0.39, 0.29) is 19.3 Å². The molecule has 3 heterocycles. The predicted molar refractivity (Wildman–Crippen MR) is 163 cm³/mol. The highest BCUT2D eigenvalue weighted by atomic mass is 16.5. The van der Waals surface area contributed by atoms with Crippen molar-refractivity contribution >= 4 is 24.6 Å². The second-order valence-electron chi connectivity index (χ2n) is 10.6. The van der Waals surface area contributed by atoms with E-state index in [1.165, 1.54) is 24.8 Å². The zero-order chi connectivity index (χ0) is 27.2. The predicted octanol–water partition coefficient (Wildman–Crippen LogP) is 4.76. The molecule has 1 aliphatic carbocycles. The van der Waals surface area contributed by atoms with Crippen molar-refractivity contribution in [1.82, 2.24) is 20.6 Å². The van der Waals surface area contributed by atoms with Crippen LogP contribution in [0.4, 0.5) is 11.5 Å². The Morgan fingerprint density at radius 3 is 2.85 bits per heavy atom. The van der Waals surface area contributed by atoms with Gasteiger partial charge >= 0.3 is 0 Å². The lowest BCUT2D eigenvalue weighted by molar-refractivity contribution is 0.196. The van der Waals surface area contributed by atoms with Gasteiger partial charge in [0, 0.05) is 36.5 Å². The van der Waals surface area contributed by atoms with Crippen LogP contribution in [0.1, 0.15) is 58.4 Å². The van der Waals surface area contributed by atoms with Crippen molar-refractivity contribution in [2.75, 3.05) is 37.1 Å². The second kappa shape index (κ2) is 13.7. The number of allylic oxidation sites excluding steroid dienone is 1. The highest BCUT2D eigenvalue weighted by molar-refractivity contribution is 5.73. The number of hydrogen-bond acceptors (Lipinski definition) is 9. The molecule has 0 amide bonds. The minimum absolute atomic E-state index is 0. The smallest absolute Gasteiger partial charge is 0.151 e. The van der Waals surface area contributed by atoms with Gasteiger partial charge in [0.2, 0.25) is 0 Å². The number of benzene rings is 1. The van der Waals surface area contributed by atoms with Gasteiger partial charge in [-0.3, -0.25) is 10.2 Å². The van der Waals surface area contributed by atoms with Gasteiger partial charge in [0.05, 0.1) is 6.54 Å². The van der Waals surface area contributed by atoms with Crippen LogP contribution < -0.4 is 26.4 Å². The molecule has 1 atom stereocenters. The summed E-state index contributed by atoms with van der Waals surface area (Å²) in [5.74, 6) is 2.92. The Bertz CT molecular complexity index is 1210. The van der Waals surface area contributed by atoms with E-state index in [0.717, 1.165) is 78.2 Å². The van der Waals surface area contributed by atoms with Gasteiger partial charge in [0.15, 0.2) is 5.82 Å². The lowest BCUT2D eigenvalue weighted by Gasteiger charge is -2.29. The topological polar surface area (TPSA) is 124 Å². The van der Waals surface area contributed by atoms with Crippen molar-refractivity contribution in [2.24, 2.45) is 15.9 Å². The largest absolute Gasteiger partial charge is 0.491 e. The summed E-state index contributed by atoms with van der Waals surface area (Å²) in [6.45, 7) is 9.56. The van der Waals surface area contributed by atoms with Crippen molar-refractivity contribution in [3.63, 3.8) is 0 Å². The molecule has 10 nitrogen and oxygen atoms in total. The maximum atomic E-state index is 10.7. The van der Waals surface area contributed by atoms with Crippen LogP contribution >= 0.6 is 0 Å². The number of nitrogen functional groups attached to an aromatic ring is 1. The van der Waals surface area contributed by atoms with E-state index in [2.05, 4.69) is 45.3 Å². The summed E-state index contributed by atoms with van der Waals surface area (Å²) in [5, 5.41) is 15.0. The minimum Gasteiger partial charge on any atom is -0.491 e. The van der Waals surface area contributed by atoms with Crippen molar-refractivity contribution < 1.29 is 9.94 Å². The fraction of sp³-hybridized carbons (Fsp3) is 0.500. The molecule has 1 unspecified atom stereocenters. The number of nitrogens with two attached hydrogens (primary N) is 1. The number of nitrogens with one attached hydrogen (secondary N) is 2. The Morgan fingerprint density at radius 2 is 2.12 bits per heavy atom. The van der Waals surface area contributed by atoms with Crippen molar-refractivity contribution in [2.45, 2.75) is 65.5 Å². The van der Waals surface area contributed by atoms with E-state index < -0.39 is 0 Å². The van der Waals surface area contributed by atoms with Crippen LogP contribution in [0.2, 0.25) is 0 Å². The van der Waals surface area contributed by atoms with Gasteiger partial charge in [0.1, 0.15) is 30.2 Å². The molecule has 1 saturated heterocycles. The summed E-state index contributed by atoms with van der Waals surface area (Å²) >= 11 is 0. The van der Waals surface area contributed by atoms with E-state index in [1.54, 1.807) is 12.5 Å². The van der Waals surface area contributed by atoms with E-state index in [1.807, 2.05) is 18.2 Å². The SMILES string of the molecule is C.C=N/C=N\C(=C1CCC(CC)CC1)N1CCOc2ccc(-c3cnc(N)c(N(O)NC4CCNC4)c3)cc2C1. The number of anilines is 2. The molecular weight excluding hydrogens is 504 g/mol. The molecule has 2 fully saturated rings. The number of pyridine rings is 1. The number of aliphatic imine (C=N–C) groups is 2. The molecule has 5 rings (SSSR count). The lowest BCUT2D eigenvalue weighted by atomic mass is 9.84. The van der Waals surface area contributed by atoms with Gasteiger partial charge in [-0.2, -0.15) is 5.17 Å². The van der Waals surface area contributed by atoms with Crippen molar-refractivity contribution in [1.29, 1.82) is 0 Å². The molecule has 2 aliphatic heterocycles. The maximum Gasteiger partial charge on any atom is 0.151 e. The molecule has 3 aliphatic rings. The zero-order valence-corrected chi connectivity index (χ0v) is 22.8. The fourth-order valence-corrected chi connectivity index (χ4v) is 5.70. The lowest BCUT2D eigenvalue weighted by Crippen LogP contribution is -2.44. The van der Waals surface area contributed by atoms with Crippen LogP contribution in [0.3, 0.4) is 0 Å². The fourth-order valence-electron chi connectivity index (χ4n) is 5.70. The van der Waals surface area contributed by atoms with Crippen LogP contribution in [0, 0.1) is 5.92 Å². The van der Waals surface area contributed by atoms with Gasteiger partial charge in [0.25, 0.3) is 0 Å². The van der Waals surface area contributed by atoms with Gasteiger partial charge in [-0.25, -0.2) is 15.4 Å². The Kier molecular flexibility index (Phi) is 10.1. The Labute approximate surface area is 238 Å². The summed E-state index contributed by atoms with van der Waals surface area (Å²) in [7, 11) is 0. The normalized spacial score (nSPS) is 20.9. The summed E-state index contributed by atoms with van der Waals surface area (Å²) in [6, 6.07) is 8.15. The first-order valence-corrected chi connectivity index (χ1v) is 14.0. The molecule has 0 spiro atoms. The second-order valence-corrected chi connectivity index (χ2v) is 10.6. The van der Waals surface area contributed by atoms with Crippen molar-refractivity contribution in [3.05, 3.63) is 47.4 Å². The number of aromatic nitrogens is 1. The molecule has 1 aromatic heterocycles. The first-order valence-electron chi connectivity index (χ1n) is 14.0. The molecule has 0 bridgehead atoms. The third kappa shape index (κ3) is 6.80. The maximum absolute atomic E-state index is 10.7. The molecule has 1 saturated carbocycles. The van der Waals surface area contributed by atoms with E-state index in [0.29, 0.717) is 18.8 Å². The molecule has 40 heavy (non-hydrogen) atoms. The van der Waals surface area contributed by atoms with Gasteiger partial charge in [-0.15, -0.1) is 0 Å². The Balaban J connectivity index is 0.00000370. The molecule has 0 radical (unpaired) electrons. The van der Waals surface area contributed by atoms with Crippen molar-refractivity contribution in [3.8, 4) is 16.9 Å². The van der Waals surface area contributed by atoms with E-state index in [4.69, 9.17) is 15.5 Å². The van der Waals surface area contributed by atoms with Gasteiger partial charge in [-0.05, 0) is 80.6 Å². The van der Waals surface area contributed by atoms with E-state index >= 15 is 0 Å². The minimum atomic E-state index is 0. The first-order chi connectivity index (χ1) is 19.1. The Hall–Kier alpha value is -3.47. The Morgan fingerprint density at radius 1 is 1.30 bits per heavy atom. The highest BCUT2D eigenvalue weighted by Crippen LogP contribution is 2.36. The van der Waals surface area contributed by atoms with Crippen LogP contribution in [0.5, 0.6) is 5.75 Å². The highest BCUT2D eigenvalue weighted by Gasteiger charge is 2.24. The number of hydrazine groups is 1. The average molecular weight is 549 g/mol. The molecular formula is C30H44N8O2. The first kappa shape index (κ1) is 29.5. The number of nitrogens with zero attached hydrogens (tertiary/aromatic N) is 5. The van der Waals surface area contributed by atoms with Crippen LogP contribution in [-0.4, -0.2) is 60.4 Å². The van der Waals surface area contributed by atoms with E-state index in [9.17, 15) is 5.21 Å². The number of hydrogen-bond donors (Lipinski definition) is 4. The van der Waals surface area contributed by atoms with Crippen LogP contribution in [0.15, 0.2) is 51.8 Å². The standard InChI is InChI=1S/C29H40N8O2.CH4/c1-3-20-4-6-21(7-5-20)29(34-19-31-2)36-12-13-39-27-9-8-22(14-24(27)18-36)23-15-26(28(30)33-16-23)37(38)35-25-10-11-32-17-25;/h8-9,14-16,19-20,25,32,35,38H,2-7,10-13,17-18H2,1H3,(H2,30,33);1H4/b29-21?,34-19-;. The van der Waals surface area contributed by atoms with Crippen LogP contribution in [-0.2, 0) is 6.54 Å². The molecule has 2 aromatic rings. The zero-order valence-electron chi connectivity index (χ0n) is 22.8. The molecule has 1 aromatic carbocycles. The molecule has 216 valence electrons. The third-order valence-corrected chi connectivity index (χ3v) is 8.03. The summed E-state index contributed by atoms with van der Waals surface area (Å²) in [5.41, 5.74) is 13.9. The molecule has 10 heteroatoms. The quantitative estimate of drug-likeness (QED) is 0.211. The van der Waals surface area contributed by atoms with Gasteiger partial charge < -0.3 is 20.7 Å². The monoisotopic (exact) mass is 548 g/mol. The average Bonchev–Trinajstić information content (AvgIpc) is 3.38. The number of ether oxygens (including phenoxy) is 1. The number of rotatable bonds is 8. The number of fused-ring (bicyclic) bond motifs is 1. The molecule has 5 N–H and O–H groups in total. The van der Waals surface area contributed by atoms with Gasteiger partial charge in [-0.1, -0.05) is 26.8 Å². The summed E-state index contributed by atoms with van der Waals surface area (Å²) < 4.78 is 6.15. The van der Waals surface area contributed by atoms with Crippen LogP contribution in [0.25, 0.3) is 11.1 Å². The summed E-state index contributed by atoms with van der Waals surface area (Å²) in [4.78, 5) is 15.3. The summed E-state index contributed by atoms with van der Waals surface area (Å²) in [6.07, 6.45) is 9.99.